The SMILES string of the molecule is O=C(c1ccc(F)cc1)N(Cc1ccncc1)Cc1nccn1Cc1cccc(Cl)c1. The first-order valence-corrected chi connectivity index (χ1v) is 10.1. The van der Waals surface area contributed by atoms with Gasteiger partial charge in [-0.1, -0.05) is 23.7 Å². The number of carbonyl (C=O) groups is 1. The van der Waals surface area contributed by atoms with Crippen LogP contribution < -0.4 is 0 Å². The van der Waals surface area contributed by atoms with E-state index in [0.717, 1.165) is 17.0 Å². The van der Waals surface area contributed by atoms with E-state index in [0.29, 0.717) is 30.2 Å². The predicted octanol–water partition coefficient (Wildman–Crippen LogP) is 4.96. The van der Waals surface area contributed by atoms with Crippen LogP contribution in [0.15, 0.2) is 85.5 Å². The zero-order chi connectivity index (χ0) is 21.6. The smallest absolute Gasteiger partial charge is 0.254 e. The highest BCUT2D eigenvalue weighted by Gasteiger charge is 2.19. The molecule has 4 aromatic rings. The fourth-order valence-electron chi connectivity index (χ4n) is 3.32. The topological polar surface area (TPSA) is 51.0 Å². The molecule has 0 N–H and O–H groups in total. The number of rotatable bonds is 7. The van der Waals surface area contributed by atoms with E-state index in [1.54, 1.807) is 23.5 Å². The number of hydrogen-bond donors (Lipinski definition) is 0. The molecule has 0 atom stereocenters. The van der Waals surface area contributed by atoms with Gasteiger partial charge >= 0.3 is 0 Å². The molecule has 7 heteroatoms. The van der Waals surface area contributed by atoms with Gasteiger partial charge in [0.05, 0.1) is 6.54 Å². The second-order valence-electron chi connectivity index (χ2n) is 7.12. The van der Waals surface area contributed by atoms with Crippen molar-refractivity contribution in [2.24, 2.45) is 0 Å². The first-order valence-electron chi connectivity index (χ1n) is 9.77. The van der Waals surface area contributed by atoms with Crippen LogP contribution in [-0.2, 0) is 19.6 Å². The van der Waals surface area contributed by atoms with Crippen LogP contribution in [0.2, 0.25) is 5.02 Å². The third-order valence-corrected chi connectivity index (χ3v) is 5.11. The number of imidazole rings is 1. The highest BCUT2D eigenvalue weighted by Crippen LogP contribution is 2.16. The van der Waals surface area contributed by atoms with Crippen molar-refractivity contribution in [2.45, 2.75) is 19.6 Å². The number of nitrogens with zero attached hydrogens (tertiary/aromatic N) is 4. The van der Waals surface area contributed by atoms with Gasteiger partial charge in [0.15, 0.2) is 0 Å². The molecule has 0 spiro atoms. The van der Waals surface area contributed by atoms with Crippen LogP contribution >= 0.6 is 11.6 Å². The highest BCUT2D eigenvalue weighted by atomic mass is 35.5. The molecule has 0 radical (unpaired) electrons. The summed E-state index contributed by atoms with van der Waals surface area (Å²) in [6.45, 7) is 1.26. The lowest BCUT2D eigenvalue weighted by atomic mass is 10.1. The Bertz CT molecular complexity index is 1160. The summed E-state index contributed by atoms with van der Waals surface area (Å²) < 4.78 is 15.3. The Morgan fingerprint density at radius 3 is 2.48 bits per heavy atom. The summed E-state index contributed by atoms with van der Waals surface area (Å²) in [6, 6.07) is 16.9. The molecule has 31 heavy (non-hydrogen) atoms. The zero-order valence-electron chi connectivity index (χ0n) is 16.7. The lowest BCUT2D eigenvalue weighted by Gasteiger charge is -2.23. The van der Waals surface area contributed by atoms with E-state index in [-0.39, 0.29) is 11.7 Å². The molecule has 4 rings (SSSR count). The summed E-state index contributed by atoms with van der Waals surface area (Å²) in [5, 5.41) is 0.671. The van der Waals surface area contributed by atoms with Gasteiger partial charge in [-0.3, -0.25) is 9.78 Å². The Kier molecular flexibility index (Phi) is 6.38. The maximum Gasteiger partial charge on any atom is 0.254 e. The zero-order valence-corrected chi connectivity index (χ0v) is 17.4. The average Bonchev–Trinajstić information content (AvgIpc) is 3.20. The molecule has 0 saturated heterocycles. The minimum atomic E-state index is -0.380. The summed E-state index contributed by atoms with van der Waals surface area (Å²) in [5.41, 5.74) is 2.40. The van der Waals surface area contributed by atoms with Crippen LogP contribution in [0.4, 0.5) is 4.39 Å². The molecule has 0 aliphatic heterocycles. The van der Waals surface area contributed by atoms with E-state index in [9.17, 15) is 9.18 Å². The van der Waals surface area contributed by atoms with E-state index in [4.69, 9.17) is 11.6 Å². The lowest BCUT2D eigenvalue weighted by Crippen LogP contribution is -2.31. The van der Waals surface area contributed by atoms with Crippen molar-refractivity contribution in [1.82, 2.24) is 19.4 Å². The van der Waals surface area contributed by atoms with E-state index >= 15 is 0 Å². The molecule has 156 valence electrons. The Morgan fingerprint density at radius 2 is 1.74 bits per heavy atom. The van der Waals surface area contributed by atoms with Crippen LogP contribution in [0.5, 0.6) is 0 Å². The lowest BCUT2D eigenvalue weighted by molar-refractivity contribution is 0.0723. The largest absolute Gasteiger partial charge is 0.329 e. The van der Waals surface area contributed by atoms with E-state index < -0.39 is 0 Å². The summed E-state index contributed by atoms with van der Waals surface area (Å²) in [4.78, 5) is 23.4. The Labute approximate surface area is 184 Å². The van der Waals surface area contributed by atoms with Crippen molar-refractivity contribution in [3.63, 3.8) is 0 Å². The summed E-state index contributed by atoms with van der Waals surface area (Å²) in [5.74, 6) is 0.160. The van der Waals surface area contributed by atoms with Crippen LogP contribution in [0, 0.1) is 5.82 Å². The molecule has 0 saturated carbocycles. The fourth-order valence-corrected chi connectivity index (χ4v) is 3.53. The highest BCUT2D eigenvalue weighted by molar-refractivity contribution is 6.30. The number of benzene rings is 2. The van der Waals surface area contributed by atoms with Crippen molar-refractivity contribution in [3.05, 3.63) is 119 Å². The second-order valence-corrected chi connectivity index (χ2v) is 7.56. The molecule has 0 bridgehead atoms. The summed E-state index contributed by atoms with van der Waals surface area (Å²) >= 11 is 6.11. The maximum atomic E-state index is 13.3. The quantitative estimate of drug-likeness (QED) is 0.413. The van der Waals surface area contributed by atoms with Gasteiger partial charge in [-0.25, -0.2) is 9.37 Å². The van der Waals surface area contributed by atoms with E-state index in [2.05, 4.69) is 9.97 Å². The minimum Gasteiger partial charge on any atom is -0.329 e. The predicted molar refractivity (Wildman–Crippen MR) is 117 cm³/mol. The molecule has 2 heterocycles. The van der Waals surface area contributed by atoms with Gasteiger partial charge in [0, 0.05) is 48.5 Å². The Morgan fingerprint density at radius 1 is 0.968 bits per heavy atom. The number of halogens is 2. The number of amides is 1. The van der Waals surface area contributed by atoms with Gasteiger partial charge in [-0.2, -0.15) is 0 Å². The number of aromatic nitrogens is 3. The number of carbonyl (C=O) groups excluding carboxylic acids is 1. The molecule has 5 nitrogen and oxygen atoms in total. The first-order chi connectivity index (χ1) is 15.1. The summed E-state index contributed by atoms with van der Waals surface area (Å²) in [7, 11) is 0. The van der Waals surface area contributed by atoms with Crippen LogP contribution in [0.25, 0.3) is 0 Å². The van der Waals surface area contributed by atoms with Crippen molar-refractivity contribution in [3.8, 4) is 0 Å². The van der Waals surface area contributed by atoms with Gasteiger partial charge in [0.1, 0.15) is 11.6 Å². The third kappa shape index (κ3) is 5.35. The average molecular weight is 435 g/mol. The van der Waals surface area contributed by atoms with Crippen LogP contribution in [0.3, 0.4) is 0 Å². The molecule has 0 aliphatic carbocycles. The van der Waals surface area contributed by atoms with Crippen molar-refractivity contribution < 1.29 is 9.18 Å². The number of pyridine rings is 1. The standard InChI is InChI=1S/C24H20ClFN4O/c25-21-3-1-2-19(14-21)16-29-13-12-28-23(29)17-30(15-18-8-10-27-11-9-18)24(31)20-4-6-22(26)7-5-20/h1-14H,15-17H2. The molecule has 2 aromatic carbocycles. The molecule has 0 fully saturated rings. The van der Waals surface area contributed by atoms with Gasteiger partial charge < -0.3 is 9.47 Å². The molecular weight excluding hydrogens is 415 g/mol. The fraction of sp³-hybridized carbons (Fsp3) is 0.125. The normalized spacial score (nSPS) is 10.8. The van der Waals surface area contributed by atoms with Gasteiger partial charge in [0.2, 0.25) is 0 Å². The molecule has 1 amide bonds. The summed E-state index contributed by atoms with van der Waals surface area (Å²) in [6.07, 6.45) is 6.97. The van der Waals surface area contributed by atoms with Crippen molar-refractivity contribution in [2.75, 3.05) is 0 Å². The molecule has 0 unspecified atom stereocenters. The monoisotopic (exact) mass is 434 g/mol. The minimum absolute atomic E-state index is 0.200. The number of hydrogen-bond acceptors (Lipinski definition) is 3. The van der Waals surface area contributed by atoms with Crippen molar-refractivity contribution in [1.29, 1.82) is 0 Å². The van der Waals surface area contributed by atoms with Crippen molar-refractivity contribution >= 4 is 17.5 Å². The Hall–Kier alpha value is -3.51. The maximum absolute atomic E-state index is 13.3. The molecule has 0 aliphatic rings. The third-order valence-electron chi connectivity index (χ3n) is 4.88. The Balaban J connectivity index is 1.60. The van der Waals surface area contributed by atoms with E-state index in [1.807, 2.05) is 47.2 Å². The molecule has 2 aromatic heterocycles. The van der Waals surface area contributed by atoms with Gasteiger partial charge in [-0.05, 0) is 59.7 Å². The van der Waals surface area contributed by atoms with Crippen LogP contribution in [0.1, 0.15) is 27.3 Å². The van der Waals surface area contributed by atoms with E-state index in [1.165, 1.54) is 24.3 Å². The van der Waals surface area contributed by atoms with Gasteiger partial charge in [0.25, 0.3) is 5.91 Å². The first kappa shape index (κ1) is 20.8. The molecular formula is C24H20ClFN4O. The van der Waals surface area contributed by atoms with Crippen LogP contribution in [-0.4, -0.2) is 25.3 Å². The second kappa shape index (κ2) is 9.53. The van der Waals surface area contributed by atoms with Gasteiger partial charge in [-0.15, -0.1) is 0 Å².